The second-order valence-corrected chi connectivity index (χ2v) is 4.31. The van der Waals surface area contributed by atoms with Gasteiger partial charge in [-0.2, -0.15) is 5.10 Å². The third kappa shape index (κ3) is 2.59. The molecule has 0 aliphatic carbocycles. The van der Waals surface area contributed by atoms with Crippen molar-refractivity contribution in [2.75, 3.05) is 5.32 Å². The molecule has 4 heteroatoms. The van der Waals surface area contributed by atoms with Gasteiger partial charge in [0.15, 0.2) is 0 Å². The van der Waals surface area contributed by atoms with Gasteiger partial charge in [-0.25, -0.2) is 4.68 Å². The van der Waals surface area contributed by atoms with Crippen LogP contribution in [0, 0.1) is 13.8 Å². The van der Waals surface area contributed by atoms with Gasteiger partial charge in [0.25, 0.3) is 5.91 Å². The van der Waals surface area contributed by atoms with E-state index in [9.17, 15) is 4.79 Å². The molecule has 0 atom stereocenters. The first kappa shape index (κ1) is 12.4. The number of carbonyl (C=O) groups excluding carboxylic acids is 1. The molecule has 1 aromatic carbocycles. The normalized spacial score (nSPS) is 10.4. The van der Waals surface area contributed by atoms with Crippen LogP contribution < -0.4 is 5.32 Å². The number of hydrogen-bond donors (Lipinski definition) is 1. The Kier molecular flexibility index (Phi) is 3.46. The number of aromatic nitrogens is 2. The van der Waals surface area contributed by atoms with Crippen molar-refractivity contribution < 1.29 is 4.79 Å². The molecule has 0 unspecified atom stereocenters. The zero-order valence-electron chi connectivity index (χ0n) is 10.9. The molecule has 94 valence electrons. The Bertz CT molecular complexity index is 555. The average Bonchev–Trinajstić information content (AvgIpc) is 2.70. The van der Waals surface area contributed by atoms with E-state index in [0.29, 0.717) is 5.56 Å². The van der Waals surface area contributed by atoms with Gasteiger partial charge in [-0.1, -0.05) is 17.7 Å². The minimum Gasteiger partial charge on any atom is -0.307 e. The number of nitrogens with one attached hydrogen (secondary N) is 1. The van der Waals surface area contributed by atoms with Crippen LogP contribution in [0.15, 0.2) is 30.3 Å². The molecule has 18 heavy (non-hydrogen) atoms. The average molecular weight is 243 g/mol. The molecule has 0 saturated carbocycles. The fourth-order valence-corrected chi connectivity index (χ4v) is 1.78. The smallest absolute Gasteiger partial charge is 0.256 e. The summed E-state index contributed by atoms with van der Waals surface area (Å²) < 4.78 is 1.78. The van der Waals surface area contributed by atoms with Crippen LogP contribution in [0.5, 0.6) is 0 Å². The van der Waals surface area contributed by atoms with Gasteiger partial charge >= 0.3 is 0 Å². The fourth-order valence-electron chi connectivity index (χ4n) is 1.78. The van der Waals surface area contributed by atoms with Crippen molar-refractivity contribution in [3.8, 4) is 0 Å². The standard InChI is InChI=1S/C14H17N3O/c1-4-17-13(9-11(3)16-17)15-14(18)12-7-5-10(2)6-8-12/h5-9H,4H2,1-3H3,(H,15,18). The van der Waals surface area contributed by atoms with Gasteiger partial charge in [-0.3, -0.25) is 4.79 Å². The summed E-state index contributed by atoms with van der Waals surface area (Å²) in [6.07, 6.45) is 0. The van der Waals surface area contributed by atoms with E-state index in [2.05, 4.69) is 10.4 Å². The summed E-state index contributed by atoms with van der Waals surface area (Å²) in [5.74, 6) is 0.630. The van der Waals surface area contributed by atoms with Gasteiger partial charge in [-0.15, -0.1) is 0 Å². The van der Waals surface area contributed by atoms with Crippen LogP contribution >= 0.6 is 0 Å². The summed E-state index contributed by atoms with van der Waals surface area (Å²) in [5.41, 5.74) is 2.69. The van der Waals surface area contributed by atoms with Gasteiger partial charge in [0, 0.05) is 18.2 Å². The number of aryl methyl sites for hydroxylation is 3. The van der Waals surface area contributed by atoms with Crippen LogP contribution in [0.1, 0.15) is 28.5 Å². The first-order valence-corrected chi connectivity index (χ1v) is 6.02. The van der Waals surface area contributed by atoms with Crippen molar-refractivity contribution in [3.05, 3.63) is 47.2 Å². The van der Waals surface area contributed by atoms with E-state index in [-0.39, 0.29) is 5.91 Å². The summed E-state index contributed by atoms with van der Waals surface area (Å²) in [6.45, 7) is 6.64. The molecule has 1 N–H and O–H groups in total. The summed E-state index contributed by atoms with van der Waals surface area (Å²) in [5, 5.41) is 7.17. The molecule has 4 nitrogen and oxygen atoms in total. The number of carbonyl (C=O) groups is 1. The predicted octanol–water partition coefficient (Wildman–Crippen LogP) is 2.77. The van der Waals surface area contributed by atoms with Crippen molar-refractivity contribution in [1.82, 2.24) is 9.78 Å². The summed E-state index contributed by atoms with van der Waals surface area (Å²) in [6, 6.07) is 9.37. The zero-order chi connectivity index (χ0) is 13.1. The highest BCUT2D eigenvalue weighted by atomic mass is 16.1. The largest absolute Gasteiger partial charge is 0.307 e. The van der Waals surface area contributed by atoms with Crippen LogP contribution in [0.2, 0.25) is 0 Å². The molecule has 0 fully saturated rings. The maximum atomic E-state index is 12.1. The molecule has 0 aliphatic heterocycles. The first-order valence-electron chi connectivity index (χ1n) is 6.02. The van der Waals surface area contributed by atoms with E-state index >= 15 is 0 Å². The number of anilines is 1. The number of nitrogens with zero attached hydrogens (tertiary/aromatic N) is 2. The highest BCUT2D eigenvalue weighted by molar-refractivity contribution is 6.03. The Hall–Kier alpha value is -2.10. The van der Waals surface area contributed by atoms with Gasteiger partial charge in [0.2, 0.25) is 0 Å². The van der Waals surface area contributed by atoms with Crippen molar-refractivity contribution in [1.29, 1.82) is 0 Å². The first-order chi connectivity index (χ1) is 8.60. The van der Waals surface area contributed by atoms with Gasteiger partial charge in [-0.05, 0) is 32.9 Å². The van der Waals surface area contributed by atoms with E-state index in [1.165, 1.54) is 0 Å². The van der Waals surface area contributed by atoms with Crippen LogP contribution in [-0.2, 0) is 6.54 Å². The molecule has 1 aromatic heterocycles. The second-order valence-electron chi connectivity index (χ2n) is 4.31. The van der Waals surface area contributed by atoms with E-state index in [1.807, 2.05) is 51.1 Å². The molecule has 0 spiro atoms. The Labute approximate surface area is 107 Å². The number of hydrogen-bond acceptors (Lipinski definition) is 2. The quantitative estimate of drug-likeness (QED) is 0.901. The van der Waals surface area contributed by atoms with Gasteiger partial charge in [0.05, 0.1) is 5.69 Å². The lowest BCUT2D eigenvalue weighted by Crippen LogP contribution is -2.15. The monoisotopic (exact) mass is 243 g/mol. The fraction of sp³-hybridized carbons (Fsp3) is 0.286. The molecule has 1 amide bonds. The molecule has 0 saturated heterocycles. The molecular formula is C14H17N3O. The van der Waals surface area contributed by atoms with Crippen LogP contribution in [-0.4, -0.2) is 15.7 Å². The molecule has 2 rings (SSSR count). The van der Waals surface area contributed by atoms with E-state index < -0.39 is 0 Å². The van der Waals surface area contributed by atoms with Gasteiger partial charge in [0.1, 0.15) is 5.82 Å². The maximum Gasteiger partial charge on any atom is 0.256 e. The SMILES string of the molecule is CCn1nc(C)cc1NC(=O)c1ccc(C)cc1. The highest BCUT2D eigenvalue weighted by Gasteiger charge is 2.09. The zero-order valence-corrected chi connectivity index (χ0v) is 10.9. The Balaban J connectivity index is 2.18. The minimum absolute atomic E-state index is 0.107. The van der Waals surface area contributed by atoms with Crippen molar-refractivity contribution in [2.45, 2.75) is 27.3 Å². The topological polar surface area (TPSA) is 46.9 Å². The lowest BCUT2D eigenvalue weighted by molar-refractivity contribution is 0.102. The van der Waals surface area contributed by atoms with E-state index in [4.69, 9.17) is 0 Å². The minimum atomic E-state index is -0.107. The molecule has 0 aliphatic rings. The predicted molar refractivity (Wildman–Crippen MR) is 71.8 cm³/mol. The summed E-state index contributed by atoms with van der Waals surface area (Å²) in [7, 11) is 0. The van der Waals surface area contributed by atoms with Crippen molar-refractivity contribution in [3.63, 3.8) is 0 Å². The van der Waals surface area contributed by atoms with Crippen LogP contribution in [0.3, 0.4) is 0 Å². The van der Waals surface area contributed by atoms with Crippen LogP contribution in [0.25, 0.3) is 0 Å². The van der Waals surface area contributed by atoms with E-state index in [1.54, 1.807) is 4.68 Å². The molecular weight excluding hydrogens is 226 g/mol. The Morgan fingerprint density at radius 3 is 2.56 bits per heavy atom. The summed E-state index contributed by atoms with van der Waals surface area (Å²) in [4.78, 5) is 12.1. The van der Waals surface area contributed by atoms with Crippen molar-refractivity contribution in [2.24, 2.45) is 0 Å². The molecule has 0 bridgehead atoms. The third-order valence-corrected chi connectivity index (χ3v) is 2.76. The second kappa shape index (κ2) is 5.04. The Morgan fingerprint density at radius 1 is 1.28 bits per heavy atom. The number of benzene rings is 1. The van der Waals surface area contributed by atoms with Gasteiger partial charge < -0.3 is 5.32 Å². The maximum absolute atomic E-state index is 12.1. The van der Waals surface area contributed by atoms with E-state index in [0.717, 1.165) is 23.6 Å². The lowest BCUT2D eigenvalue weighted by atomic mass is 10.1. The molecule has 2 aromatic rings. The van der Waals surface area contributed by atoms with Crippen LogP contribution in [0.4, 0.5) is 5.82 Å². The summed E-state index contributed by atoms with van der Waals surface area (Å²) >= 11 is 0. The Morgan fingerprint density at radius 2 is 1.94 bits per heavy atom. The molecule has 0 radical (unpaired) electrons. The van der Waals surface area contributed by atoms with Crippen molar-refractivity contribution >= 4 is 11.7 Å². The number of amides is 1. The highest BCUT2D eigenvalue weighted by Crippen LogP contribution is 2.12. The third-order valence-electron chi connectivity index (χ3n) is 2.76. The lowest BCUT2D eigenvalue weighted by Gasteiger charge is -2.07. The molecule has 1 heterocycles. The number of rotatable bonds is 3.